The molecule has 2 fully saturated rings. The fourth-order valence-corrected chi connectivity index (χ4v) is 3.69. The minimum atomic E-state index is -1.15. The molecule has 128 valence electrons. The molecule has 0 aromatic heterocycles. The smallest absolute Gasteiger partial charge is 0.421 e. The third kappa shape index (κ3) is 2.43. The summed E-state index contributed by atoms with van der Waals surface area (Å²) >= 11 is 0. The third-order valence-electron chi connectivity index (χ3n) is 4.94. The topological polar surface area (TPSA) is 88.1 Å². The van der Waals surface area contributed by atoms with Gasteiger partial charge in [0.1, 0.15) is 11.5 Å². The molecule has 1 atom stereocenters. The van der Waals surface area contributed by atoms with Crippen molar-refractivity contribution in [3.63, 3.8) is 0 Å². The normalized spacial score (nSPS) is 28.5. The van der Waals surface area contributed by atoms with E-state index in [4.69, 9.17) is 20.6 Å². The number of hydrogen-bond donors (Lipinski definition) is 0. The fourth-order valence-electron chi connectivity index (χ4n) is 3.69. The van der Waals surface area contributed by atoms with E-state index in [0.717, 1.165) is 0 Å². The molecule has 7 nitrogen and oxygen atoms in total. The van der Waals surface area contributed by atoms with E-state index in [0.29, 0.717) is 25.2 Å². The summed E-state index contributed by atoms with van der Waals surface area (Å²) in [6, 6.07) is 0. The Morgan fingerprint density at radius 3 is 2.67 bits per heavy atom. The monoisotopic (exact) mass is 334 g/mol. The van der Waals surface area contributed by atoms with E-state index < -0.39 is 17.4 Å². The second kappa shape index (κ2) is 6.04. The molecule has 7 heteroatoms. The molecule has 1 saturated heterocycles. The van der Waals surface area contributed by atoms with Crippen molar-refractivity contribution in [1.29, 1.82) is 0 Å². The number of allylic oxidation sites excluding steroid dienone is 2. The largest absolute Gasteiger partial charge is 0.514 e. The number of carbonyl (C=O) groups excluding carboxylic acids is 3. The summed E-state index contributed by atoms with van der Waals surface area (Å²) < 4.78 is 21.3. The van der Waals surface area contributed by atoms with Gasteiger partial charge in [-0.05, 0) is 6.92 Å². The zero-order valence-corrected chi connectivity index (χ0v) is 13.4. The van der Waals surface area contributed by atoms with Crippen LogP contribution in [0.4, 0.5) is 4.79 Å². The van der Waals surface area contributed by atoms with Gasteiger partial charge in [0.15, 0.2) is 18.2 Å². The van der Waals surface area contributed by atoms with E-state index in [2.05, 4.69) is 10.7 Å². The summed E-state index contributed by atoms with van der Waals surface area (Å²) in [5.41, 5.74) is -0.854. The number of ether oxygens (including phenoxy) is 4. The van der Waals surface area contributed by atoms with Gasteiger partial charge in [-0.25, -0.2) is 4.79 Å². The summed E-state index contributed by atoms with van der Waals surface area (Å²) in [6.07, 6.45) is 4.74. The van der Waals surface area contributed by atoms with E-state index in [-0.39, 0.29) is 43.2 Å². The van der Waals surface area contributed by atoms with Gasteiger partial charge in [0.05, 0.1) is 18.6 Å². The Morgan fingerprint density at radius 2 is 2.00 bits per heavy atom. The second-order valence-electron chi connectivity index (χ2n) is 6.12. The second-order valence-corrected chi connectivity index (χ2v) is 6.12. The van der Waals surface area contributed by atoms with Crippen LogP contribution in [-0.2, 0) is 28.5 Å². The summed E-state index contributed by atoms with van der Waals surface area (Å²) in [5, 5.41) is 0. The predicted octanol–water partition coefficient (Wildman–Crippen LogP) is 1.50. The summed E-state index contributed by atoms with van der Waals surface area (Å²) in [5.74, 6) is 0.774. The molecule has 0 radical (unpaired) electrons. The van der Waals surface area contributed by atoms with Crippen molar-refractivity contribution in [2.45, 2.75) is 38.4 Å². The van der Waals surface area contributed by atoms with Crippen LogP contribution in [0.3, 0.4) is 0 Å². The minimum absolute atomic E-state index is 0.00999. The first-order chi connectivity index (χ1) is 11.4. The Kier molecular flexibility index (Phi) is 4.20. The highest BCUT2D eigenvalue weighted by Crippen LogP contribution is 2.57. The number of Topliss-reactive ketones (excluding diaryl/α,β-unsaturated/α-hetero) is 2. The average molecular weight is 334 g/mol. The van der Waals surface area contributed by atoms with Crippen LogP contribution in [0, 0.1) is 17.8 Å². The summed E-state index contributed by atoms with van der Waals surface area (Å²) in [4.78, 5) is 36.8. The Morgan fingerprint density at radius 1 is 1.29 bits per heavy atom. The first-order valence-corrected chi connectivity index (χ1v) is 7.76. The molecule has 1 aliphatic heterocycles. The summed E-state index contributed by atoms with van der Waals surface area (Å²) in [7, 11) is 0. The van der Waals surface area contributed by atoms with Gasteiger partial charge in [-0.3, -0.25) is 9.59 Å². The Balaban J connectivity index is 1.90. The van der Waals surface area contributed by atoms with Gasteiger partial charge in [0.25, 0.3) is 0 Å². The highest BCUT2D eigenvalue weighted by Gasteiger charge is 2.66. The van der Waals surface area contributed by atoms with Gasteiger partial charge in [-0.15, -0.1) is 6.42 Å². The van der Waals surface area contributed by atoms with Crippen LogP contribution < -0.4 is 0 Å². The van der Waals surface area contributed by atoms with Crippen molar-refractivity contribution in [2.24, 2.45) is 5.41 Å². The molecule has 3 rings (SSSR count). The van der Waals surface area contributed by atoms with E-state index >= 15 is 0 Å². The molecule has 2 aliphatic carbocycles. The van der Waals surface area contributed by atoms with Crippen LogP contribution >= 0.6 is 0 Å². The van der Waals surface area contributed by atoms with Crippen molar-refractivity contribution in [3.8, 4) is 12.3 Å². The average Bonchev–Trinajstić information content (AvgIpc) is 3.13. The lowest BCUT2D eigenvalue weighted by molar-refractivity contribution is -0.222. The van der Waals surface area contributed by atoms with Gasteiger partial charge in [0, 0.05) is 31.3 Å². The minimum Gasteiger partial charge on any atom is -0.421 e. The zero-order chi connectivity index (χ0) is 17.4. The molecule has 3 aliphatic rings. The standard InChI is InChI=1S/C17H18O7/c1-3-6-21-15(20)24-13-10-16(9-12(18)11(13)2)14(19)4-5-17(16)22-7-8-23-17/h1H,4-10H2,2H3/t16-/m0/s1. The van der Waals surface area contributed by atoms with Crippen LogP contribution in [0.1, 0.15) is 32.6 Å². The Hall–Kier alpha value is -2.17. The lowest BCUT2D eigenvalue weighted by Crippen LogP contribution is -2.52. The quantitative estimate of drug-likeness (QED) is 0.558. The molecule has 24 heavy (non-hydrogen) atoms. The molecule has 0 aromatic carbocycles. The van der Waals surface area contributed by atoms with Crippen molar-refractivity contribution in [3.05, 3.63) is 11.3 Å². The van der Waals surface area contributed by atoms with Crippen LogP contribution in [0.2, 0.25) is 0 Å². The molecule has 0 N–H and O–H groups in total. The maximum Gasteiger partial charge on any atom is 0.514 e. The first kappa shape index (κ1) is 16.7. The van der Waals surface area contributed by atoms with Crippen molar-refractivity contribution in [1.82, 2.24) is 0 Å². The highest BCUT2D eigenvalue weighted by molar-refractivity contribution is 6.03. The lowest BCUT2D eigenvalue weighted by atomic mass is 9.68. The van der Waals surface area contributed by atoms with Crippen LogP contribution in [0.15, 0.2) is 11.3 Å². The highest BCUT2D eigenvalue weighted by atomic mass is 16.7. The Labute approximate surface area is 139 Å². The van der Waals surface area contributed by atoms with Crippen LogP contribution in [0.25, 0.3) is 0 Å². The number of carbonyl (C=O) groups is 3. The lowest BCUT2D eigenvalue weighted by Gasteiger charge is -2.42. The molecule has 0 aromatic rings. The van der Waals surface area contributed by atoms with E-state index in [1.54, 1.807) is 6.92 Å². The maximum absolute atomic E-state index is 12.6. The molecular weight excluding hydrogens is 316 g/mol. The molecule has 1 heterocycles. The first-order valence-electron chi connectivity index (χ1n) is 7.76. The number of terminal acetylenes is 1. The van der Waals surface area contributed by atoms with Gasteiger partial charge >= 0.3 is 6.16 Å². The third-order valence-corrected chi connectivity index (χ3v) is 4.94. The number of hydrogen-bond acceptors (Lipinski definition) is 7. The maximum atomic E-state index is 12.6. The number of ketones is 2. The van der Waals surface area contributed by atoms with Gasteiger partial charge < -0.3 is 18.9 Å². The van der Waals surface area contributed by atoms with E-state index in [9.17, 15) is 14.4 Å². The van der Waals surface area contributed by atoms with Crippen LogP contribution in [0.5, 0.6) is 0 Å². The SMILES string of the molecule is C#CCOC(=O)OC1=C(C)C(=O)C[C@]2(C1)C(=O)CCC21OCCO1. The van der Waals surface area contributed by atoms with E-state index in [1.165, 1.54) is 0 Å². The van der Waals surface area contributed by atoms with Crippen molar-refractivity contribution >= 4 is 17.7 Å². The van der Waals surface area contributed by atoms with E-state index in [1.807, 2.05) is 0 Å². The Bertz CT molecular complexity index is 663. The fraction of sp³-hybridized carbons (Fsp3) is 0.588. The van der Waals surface area contributed by atoms with Gasteiger partial charge in [-0.2, -0.15) is 0 Å². The number of fused-ring (bicyclic) bond motifs is 1. The molecule has 0 bridgehead atoms. The summed E-state index contributed by atoms with van der Waals surface area (Å²) in [6.45, 7) is 2.05. The molecular formula is C17H18O7. The number of rotatable bonds is 2. The van der Waals surface area contributed by atoms with Crippen LogP contribution in [-0.4, -0.2) is 43.3 Å². The van der Waals surface area contributed by atoms with Gasteiger partial charge in [0.2, 0.25) is 0 Å². The van der Waals surface area contributed by atoms with Gasteiger partial charge in [-0.1, -0.05) is 5.92 Å². The van der Waals surface area contributed by atoms with Crippen molar-refractivity contribution < 1.29 is 33.3 Å². The molecule has 2 spiro atoms. The zero-order valence-electron chi connectivity index (χ0n) is 13.4. The predicted molar refractivity (Wildman–Crippen MR) is 79.5 cm³/mol. The molecule has 0 amide bonds. The molecule has 1 saturated carbocycles. The van der Waals surface area contributed by atoms with Crippen molar-refractivity contribution in [2.75, 3.05) is 19.8 Å². The molecule has 0 unspecified atom stereocenters.